The SMILES string of the molecule is C[NH+](C)CCNC(=O)C1CCN(S(=O)(=O)c2ccccc2C(F)(F)F)CC1. The van der Waals surface area contributed by atoms with Crippen LogP contribution in [0.1, 0.15) is 18.4 Å². The quantitative estimate of drug-likeness (QED) is 0.715. The summed E-state index contributed by atoms with van der Waals surface area (Å²) in [6, 6.07) is 4.17. The van der Waals surface area contributed by atoms with Crippen LogP contribution in [0.5, 0.6) is 0 Å². The van der Waals surface area contributed by atoms with Crippen LogP contribution in [-0.2, 0) is 21.0 Å². The summed E-state index contributed by atoms with van der Waals surface area (Å²) in [6.07, 6.45) is -4.18. The molecule has 0 saturated carbocycles. The normalized spacial score (nSPS) is 17.3. The van der Waals surface area contributed by atoms with Gasteiger partial charge >= 0.3 is 6.18 Å². The molecule has 1 aliphatic rings. The first kappa shape index (κ1) is 21.6. The van der Waals surface area contributed by atoms with Gasteiger partial charge in [-0.2, -0.15) is 17.5 Å². The van der Waals surface area contributed by atoms with Crippen molar-refractivity contribution in [3.63, 3.8) is 0 Å². The Hall–Kier alpha value is -1.65. The van der Waals surface area contributed by atoms with E-state index in [0.717, 1.165) is 29.0 Å². The number of alkyl halides is 3. The first-order valence-corrected chi connectivity index (χ1v) is 10.2. The van der Waals surface area contributed by atoms with Gasteiger partial charge in [0.15, 0.2) is 0 Å². The lowest BCUT2D eigenvalue weighted by molar-refractivity contribution is -0.856. The molecular weight excluding hydrogens is 383 g/mol. The maximum absolute atomic E-state index is 13.2. The van der Waals surface area contributed by atoms with Gasteiger partial charge in [-0.25, -0.2) is 8.42 Å². The number of piperidine rings is 1. The smallest absolute Gasteiger partial charge is 0.350 e. The highest BCUT2D eigenvalue weighted by Crippen LogP contribution is 2.36. The monoisotopic (exact) mass is 408 g/mol. The van der Waals surface area contributed by atoms with Crippen molar-refractivity contribution in [1.82, 2.24) is 9.62 Å². The van der Waals surface area contributed by atoms with E-state index in [-0.39, 0.29) is 37.8 Å². The van der Waals surface area contributed by atoms with E-state index in [9.17, 15) is 26.4 Å². The number of carbonyl (C=O) groups excluding carboxylic acids is 1. The van der Waals surface area contributed by atoms with Crippen molar-refractivity contribution in [2.24, 2.45) is 5.92 Å². The van der Waals surface area contributed by atoms with E-state index in [0.29, 0.717) is 6.54 Å². The maximum atomic E-state index is 13.2. The Morgan fingerprint density at radius 3 is 2.37 bits per heavy atom. The lowest BCUT2D eigenvalue weighted by atomic mass is 9.97. The molecule has 10 heteroatoms. The number of amides is 1. The van der Waals surface area contributed by atoms with Crippen LogP contribution in [0.3, 0.4) is 0 Å². The van der Waals surface area contributed by atoms with Crippen molar-refractivity contribution in [3.8, 4) is 0 Å². The lowest BCUT2D eigenvalue weighted by Crippen LogP contribution is -3.06. The Balaban J connectivity index is 2.04. The summed E-state index contributed by atoms with van der Waals surface area (Å²) in [5.41, 5.74) is -1.17. The molecule has 0 radical (unpaired) electrons. The minimum absolute atomic E-state index is 0.0194. The molecule has 1 fully saturated rings. The van der Waals surface area contributed by atoms with Crippen LogP contribution in [0.15, 0.2) is 29.2 Å². The predicted octanol–water partition coefficient (Wildman–Crippen LogP) is 0.367. The van der Waals surface area contributed by atoms with Crippen LogP contribution in [-0.4, -0.2) is 58.9 Å². The van der Waals surface area contributed by atoms with E-state index in [1.54, 1.807) is 0 Å². The van der Waals surface area contributed by atoms with Gasteiger partial charge in [0.25, 0.3) is 0 Å². The number of nitrogens with one attached hydrogen (secondary N) is 2. The Labute approximate surface area is 157 Å². The molecule has 0 atom stereocenters. The van der Waals surface area contributed by atoms with Crippen LogP contribution >= 0.6 is 0 Å². The second-order valence-electron chi connectivity index (χ2n) is 6.92. The van der Waals surface area contributed by atoms with Crippen LogP contribution < -0.4 is 10.2 Å². The van der Waals surface area contributed by atoms with Gasteiger partial charge in [0.1, 0.15) is 0 Å². The predicted molar refractivity (Wildman–Crippen MR) is 93.6 cm³/mol. The summed E-state index contributed by atoms with van der Waals surface area (Å²) in [5.74, 6) is -0.463. The third-order valence-electron chi connectivity index (χ3n) is 4.56. The van der Waals surface area contributed by atoms with E-state index in [1.165, 1.54) is 11.0 Å². The average molecular weight is 408 g/mol. The fourth-order valence-corrected chi connectivity index (χ4v) is 4.69. The summed E-state index contributed by atoms with van der Waals surface area (Å²) < 4.78 is 65.9. The number of rotatable bonds is 6. The highest BCUT2D eigenvalue weighted by molar-refractivity contribution is 7.89. The summed E-state index contributed by atoms with van der Waals surface area (Å²) in [5, 5.41) is 2.82. The standard InChI is InChI=1S/C17H24F3N3O3S/c1-22(2)12-9-21-16(24)13-7-10-23(11-8-13)27(25,26)15-6-4-3-5-14(15)17(18,19)20/h3-6,13H,7-12H2,1-2H3,(H,21,24)/p+1. The lowest BCUT2D eigenvalue weighted by Gasteiger charge is -2.31. The zero-order valence-corrected chi connectivity index (χ0v) is 16.2. The molecule has 1 aliphatic heterocycles. The van der Waals surface area contributed by atoms with E-state index in [4.69, 9.17) is 0 Å². The number of hydrogen-bond acceptors (Lipinski definition) is 3. The van der Waals surface area contributed by atoms with Crippen LogP contribution in [0.4, 0.5) is 13.2 Å². The molecule has 1 heterocycles. The summed E-state index contributed by atoms with van der Waals surface area (Å²) in [6.45, 7) is 1.34. The van der Waals surface area contributed by atoms with Crippen molar-refractivity contribution in [1.29, 1.82) is 0 Å². The highest BCUT2D eigenvalue weighted by Gasteiger charge is 2.40. The third kappa shape index (κ3) is 5.43. The molecule has 0 aromatic heterocycles. The van der Waals surface area contributed by atoms with Gasteiger partial charge in [-0.3, -0.25) is 4.79 Å². The van der Waals surface area contributed by atoms with E-state index >= 15 is 0 Å². The molecule has 6 nitrogen and oxygen atoms in total. The number of nitrogens with zero attached hydrogens (tertiary/aromatic N) is 1. The first-order chi connectivity index (χ1) is 12.5. The van der Waals surface area contributed by atoms with Crippen molar-refractivity contribution in [3.05, 3.63) is 29.8 Å². The zero-order chi connectivity index (χ0) is 20.2. The van der Waals surface area contributed by atoms with Crippen molar-refractivity contribution < 1.29 is 31.3 Å². The Bertz CT molecular complexity index is 758. The first-order valence-electron chi connectivity index (χ1n) is 8.76. The summed E-state index contributed by atoms with van der Waals surface area (Å²) in [4.78, 5) is 12.6. The minimum Gasteiger partial charge on any atom is -0.350 e. The van der Waals surface area contributed by atoms with E-state index in [1.807, 2.05) is 14.1 Å². The number of carbonyl (C=O) groups is 1. The van der Waals surface area contributed by atoms with Crippen molar-refractivity contribution in [2.75, 3.05) is 40.3 Å². The molecule has 152 valence electrons. The van der Waals surface area contributed by atoms with Crippen LogP contribution in [0.2, 0.25) is 0 Å². The molecule has 0 spiro atoms. The van der Waals surface area contributed by atoms with Crippen molar-refractivity contribution in [2.45, 2.75) is 23.9 Å². The van der Waals surface area contributed by atoms with Gasteiger partial charge in [0.05, 0.1) is 37.6 Å². The second-order valence-corrected chi connectivity index (χ2v) is 8.83. The molecule has 1 aromatic carbocycles. The molecule has 2 N–H and O–H groups in total. The van der Waals surface area contributed by atoms with Gasteiger partial charge in [-0.05, 0) is 25.0 Å². The fourth-order valence-electron chi connectivity index (χ4n) is 3.00. The summed E-state index contributed by atoms with van der Waals surface area (Å²) >= 11 is 0. The van der Waals surface area contributed by atoms with Gasteiger partial charge in [0, 0.05) is 19.0 Å². The van der Waals surface area contributed by atoms with Crippen LogP contribution in [0, 0.1) is 5.92 Å². The minimum atomic E-state index is -4.75. The zero-order valence-electron chi connectivity index (χ0n) is 15.3. The molecule has 1 saturated heterocycles. The number of quaternary nitrogens is 1. The largest absolute Gasteiger partial charge is 0.417 e. The second kappa shape index (κ2) is 8.57. The fraction of sp³-hybridized carbons (Fsp3) is 0.588. The molecule has 2 rings (SSSR count). The highest BCUT2D eigenvalue weighted by atomic mass is 32.2. The van der Waals surface area contributed by atoms with Gasteiger partial charge in [-0.15, -0.1) is 0 Å². The Morgan fingerprint density at radius 1 is 1.22 bits per heavy atom. The Morgan fingerprint density at radius 2 is 1.81 bits per heavy atom. The van der Waals surface area contributed by atoms with Gasteiger partial charge in [0.2, 0.25) is 15.9 Å². The molecule has 1 amide bonds. The number of benzene rings is 1. The van der Waals surface area contributed by atoms with Gasteiger partial charge in [-0.1, -0.05) is 12.1 Å². The Kier molecular flexibility index (Phi) is 6.87. The molecule has 27 heavy (non-hydrogen) atoms. The number of hydrogen-bond donors (Lipinski definition) is 2. The number of sulfonamides is 1. The number of likely N-dealkylation sites (N-methyl/N-ethyl adjacent to an activating group) is 1. The molecular formula is C17H25F3N3O3S+. The molecule has 1 aromatic rings. The molecule has 0 aliphatic carbocycles. The van der Waals surface area contributed by atoms with Crippen molar-refractivity contribution >= 4 is 15.9 Å². The summed E-state index contributed by atoms with van der Waals surface area (Å²) in [7, 11) is -0.342. The number of halogens is 3. The van der Waals surface area contributed by atoms with E-state index < -0.39 is 26.7 Å². The van der Waals surface area contributed by atoms with Crippen LogP contribution in [0.25, 0.3) is 0 Å². The topological polar surface area (TPSA) is 70.9 Å². The average Bonchev–Trinajstić information content (AvgIpc) is 2.60. The molecule has 0 unspecified atom stereocenters. The molecule has 0 bridgehead atoms. The van der Waals surface area contributed by atoms with Gasteiger partial charge < -0.3 is 10.2 Å². The maximum Gasteiger partial charge on any atom is 0.417 e. The third-order valence-corrected chi connectivity index (χ3v) is 6.52. The van der Waals surface area contributed by atoms with E-state index in [2.05, 4.69) is 5.32 Å².